The lowest BCUT2D eigenvalue weighted by Crippen LogP contribution is -2.33. The van der Waals surface area contributed by atoms with Gasteiger partial charge in [0.05, 0.1) is 13.7 Å². The predicted molar refractivity (Wildman–Crippen MR) is 179 cm³/mol. The topological polar surface area (TPSA) is 84.9 Å². The molecule has 0 aliphatic carbocycles. The van der Waals surface area contributed by atoms with Crippen molar-refractivity contribution in [1.82, 2.24) is 0 Å². The van der Waals surface area contributed by atoms with Gasteiger partial charge in [0.25, 0.3) is 5.91 Å². The Labute approximate surface area is 265 Å². The SMILES string of the molecule is COC(=O)[C@H](Cc1ccc(OCCCN(C(=O)C=C(C)C)c2cccc(C)c2)cc1)Nc1ccccc1C(=O)c1ccccc1. The average molecular weight is 605 g/mol. The number of ketones is 1. The van der Waals surface area contributed by atoms with Gasteiger partial charge >= 0.3 is 5.97 Å². The lowest BCUT2D eigenvalue weighted by atomic mass is 10.00. The first-order valence-corrected chi connectivity index (χ1v) is 15.0. The summed E-state index contributed by atoms with van der Waals surface area (Å²) in [5, 5.41) is 3.24. The van der Waals surface area contributed by atoms with Crippen LogP contribution in [0.25, 0.3) is 0 Å². The van der Waals surface area contributed by atoms with E-state index in [9.17, 15) is 14.4 Å². The molecule has 0 fully saturated rings. The van der Waals surface area contributed by atoms with Crippen molar-refractivity contribution in [3.63, 3.8) is 0 Å². The Morgan fingerprint density at radius 2 is 1.58 bits per heavy atom. The van der Waals surface area contributed by atoms with Crippen molar-refractivity contribution in [3.8, 4) is 5.75 Å². The van der Waals surface area contributed by atoms with Gasteiger partial charge in [-0.25, -0.2) is 4.79 Å². The van der Waals surface area contributed by atoms with Crippen LogP contribution in [0, 0.1) is 6.92 Å². The van der Waals surface area contributed by atoms with E-state index in [1.54, 1.807) is 41.3 Å². The number of allylic oxidation sites excluding steroid dienone is 1. The number of nitrogens with one attached hydrogen (secondary N) is 1. The number of hydrogen-bond acceptors (Lipinski definition) is 6. The number of methoxy groups -OCH3 is 1. The molecule has 0 bridgehead atoms. The van der Waals surface area contributed by atoms with Crippen LogP contribution >= 0.6 is 0 Å². The van der Waals surface area contributed by atoms with Gasteiger partial charge in [0.2, 0.25) is 0 Å². The number of amides is 1. The Morgan fingerprint density at radius 3 is 2.27 bits per heavy atom. The average Bonchev–Trinajstić information content (AvgIpc) is 3.04. The van der Waals surface area contributed by atoms with E-state index in [2.05, 4.69) is 5.32 Å². The summed E-state index contributed by atoms with van der Waals surface area (Å²) in [4.78, 5) is 40.7. The molecule has 0 saturated heterocycles. The Bertz CT molecular complexity index is 1630. The molecule has 0 aliphatic heterocycles. The van der Waals surface area contributed by atoms with E-state index in [-0.39, 0.29) is 11.7 Å². The Balaban J connectivity index is 1.37. The molecule has 0 unspecified atom stereocenters. The molecule has 232 valence electrons. The molecule has 0 aromatic heterocycles. The zero-order valence-corrected chi connectivity index (χ0v) is 26.3. The number of ether oxygens (including phenoxy) is 2. The summed E-state index contributed by atoms with van der Waals surface area (Å²) in [6.45, 7) is 6.78. The van der Waals surface area contributed by atoms with E-state index in [1.807, 2.05) is 93.6 Å². The number of esters is 1. The highest BCUT2D eigenvalue weighted by molar-refractivity contribution is 6.12. The number of para-hydroxylation sites is 1. The zero-order valence-electron chi connectivity index (χ0n) is 26.3. The molecule has 1 atom stereocenters. The first-order chi connectivity index (χ1) is 21.7. The van der Waals surface area contributed by atoms with Gasteiger partial charge in [-0.2, -0.15) is 0 Å². The quantitative estimate of drug-likeness (QED) is 0.0710. The van der Waals surface area contributed by atoms with E-state index in [0.717, 1.165) is 22.4 Å². The molecule has 1 amide bonds. The molecule has 4 aromatic carbocycles. The fourth-order valence-electron chi connectivity index (χ4n) is 4.93. The summed E-state index contributed by atoms with van der Waals surface area (Å²) < 4.78 is 11.1. The van der Waals surface area contributed by atoms with Gasteiger partial charge in [-0.1, -0.05) is 72.3 Å². The Morgan fingerprint density at radius 1 is 0.867 bits per heavy atom. The lowest BCUT2D eigenvalue weighted by molar-refractivity contribution is -0.141. The predicted octanol–water partition coefficient (Wildman–Crippen LogP) is 7.19. The third-order valence-corrected chi connectivity index (χ3v) is 7.17. The Hall–Kier alpha value is -5.17. The summed E-state index contributed by atoms with van der Waals surface area (Å²) in [7, 11) is 1.35. The van der Waals surface area contributed by atoms with E-state index < -0.39 is 12.0 Å². The van der Waals surface area contributed by atoms with Gasteiger partial charge in [0.1, 0.15) is 11.8 Å². The second-order valence-electron chi connectivity index (χ2n) is 11.1. The zero-order chi connectivity index (χ0) is 32.2. The molecule has 0 heterocycles. The molecular weight excluding hydrogens is 564 g/mol. The van der Waals surface area contributed by atoms with Crippen LogP contribution in [0.2, 0.25) is 0 Å². The number of anilines is 2. The number of hydrogen-bond donors (Lipinski definition) is 1. The van der Waals surface area contributed by atoms with E-state index >= 15 is 0 Å². The number of carbonyl (C=O) groups excluding carboxylic acids is 3. The monoisotopic (exact) mass is 604 g/mol. The standard InChI is InChI=1S/C38H40N2O5/c1-27(2)24-36(41)40(31-15-10-12-28(3)25-31)22-11-23-45-32-20-18-29(19-21-32)26-35(38(43)44-4)39-34-17-9-8-16-33(34)37(42)30-13-6-5-7-14-30/h5-10,12-21,24-25,35,39H,11,22-23,26H2,1-4H3/t35-/m0/s1. The van der Waals surface area contributed by atoms with Gasteiger partial charge in [-0.3, -0.25) is 9.59 Å². The molecule has 7 heteroatoms. The number of benzene rings is 4. The van der Waals surface area contributed by atoms with Crippen molar-refractivity contribution >= 4 is 29.0 Å². The number of rotatable bonds is 14. The second-order valence-corrected chi connectivity index (χ2v) is 11.1. The molecule has 0 aliphatic rings. The molecular formula is C38H40N2O5. The fourth-order valence-corrected chi connectivity index (χ4v) is 4.93. The minimum Gasteiger partial charge on any atom is -0.494 e. The van der Waals surface area contributed by atoms with Crippen molar-refractivity contribution in [2.75, 3.05) is 30.5 Å². The fraction of sp³-hybridized carbons (Fsp3) is 0.237. The second kappa shape index (κ2) is 16.1. The van der Waals surface area contributed by atoms with Crippen molar-refractivity contribution in [2.45, 2.75) is 39.7 Å². The van der Waals surface area contributed by atoms with Crippen molar-refractivity contribution in [3.05, 3.63) is 137 Å². The molecule has 45 heavy (non-hydrogen) atoms. The third-order valence-electron chi connectivity index (χ3n) is 7.17. The van der Waals surface area contributed by atoms with Crippen molar-refractivity contribution < 1.29 is 23.9 Å². The van der Waals surface area contributed by atoms with Gasteiger partial charge in [-0.05, 0) is 74.7 Å². The van der Waals surface area contributed by atoms with Crippen LogP contribution in [-0.4, -0.2) is 44.0 Å². The summed E-state index contributed by atoms with van der Waals surface area (Å²) in [5.41, 5.74) is 5.41. The molecule has 0 saturated carbocycles. The Kier molecular flexibility index (Phi) is 11.7. The molecule has 0 radical (unpaired) electrons. The van der Waals surface area contributed by atoms with Gasteiger partial charge in [0, 0.05) is 41.5 Å². The van der Waals surface area contributed by atoms with E-state index in [0.29, 0.717) is 48.6 Å². The number of nitrogens with zero attached hydrogens (tertiary/aromatic N) is 1. The summed E-state index contributed by atoms with van der Waals surface area (Å²) >= 11 is 0. The number of carbonyl (C=O) groups is 3. The highest BCUT2D eigenvalue weighted by Gasteiger charge is 2.23. The maximum atomic E-state index is 13.2. The summed E-state index contributed by atoms with van der Waals surface area (Å²) in [6, 6.07) is 30.9. The highest BCUT2D eigenvalue weighted by atomic mass is 16.5. The van der Waals surface area contributed by atoms with Gasteiger partial charge < -0.3 is 19.7 Å². The molecule has 4 aromatic rings. The molecule has 1 N–H and O–H groups in total. The van der Waals surface area contributed by atoms with Crippen molar-refractivity contribution in [1.29, 1.82) is 0 Å². The molecule has 4 rings (SSSR count). The third kappa shape index (κ3) is 9.41. The van der Waals surface area contributed by atoms with Crippen LogP contribution in [-0.2, 0) is 20.7 Å². The normalized spacial score (nSPS) is 11.2. The van der Waals surface area contributed by atoms with Crippen LogP contribution in [0.3, 0.4) is 0 Å². The van der Waals surface area contributed by atoms with Crippen LogP contribution in [0.4, 0.5) is 11.4 Å². The van der Waals surface area contributed by atoms with Crippen LogP contribution in [0.1, 0.15) is 47.3 Å². The smallest absolute Gasteiger partial charge is 0.328 e. The minimum absolute atomic E-state index is 0.0502. The minimum atomic E-state index is -0.711. The highest BCUT2D eigenvalue weighted by Crippen LogP contribution is 2.23. The molecule has 0 spiro atoms. The maximum absolute atomic E-state index is 13.2. The summed E-state index contributed by atoms with van der Waals surface area (Å²) in [6.07, 6.45) is 2.64. The maximum Gasteiger partial charge on any atom is 0.328 e. The number of aryl methyl sites for hydroxylation is 1. The first-order valence-electron chi connectivity index (χ1n) is 15.0. The van der Waals surface area contributed by atoms with E-state index in [1.165, 1.54) is 7.11 Å². The van der Waals surface area contributed by atoms with E-state index in [4.69, 9.17) is 9.47 Å². The molecule has 7 nitrogen and oxygen atoms in total. The lowest BCUT2D eigenvalue weighted by Gasteiger charge is -2.22. The van der Waals surface area contributed by atoms with Crippen LogP contribution < -0.4 is 15.0 Å². The first kappa shape index (κ1) is 32.7. The van der Waals surface area contributed by atoms with Crippen molar-refractivity contribution in [2.24, 2.45) is 0 Å². The van der Waals surface area contributed by atoms with Crippen LogP contribution in [0.15, 0.2) is 115 Å². The van der Waals surface area contributed by atoms with Gasteiger partial charge in [-0.15, -0.1) is 0 Å². The van der Waals surface area contributed by atoms with Crippen LogP contribution in [0.5, 0.6) is 5.75 Å². The van der Waals surface area contributed by atoms with Gasteiger partial charge in [0.15, 0.2) is 5.78 Å². The largest absolute Gasteiger partial charge is 0.494 e. The summed E-state index contributed by atoms with van der Waals surface area (Å²) in [5.74, 6) is 0.0777.